The molecular formula is C15H30N2. The molecule has 1 aliphatic carbocycles. The predicted molar refractivity (Wildman–Crippen MR) is 74.1 cm³/mol. The van der Waals surface area contributed by atoms with E-state index in [2.05, 4.69) is 18.7 Å². The zero-order chi connectivity index (χ0) is 12.4. The molecule has 2 heteroatoms. The molecule has 1 saturated heterocycles. The second kappa shape index (κ2) is 5.27. The Kier molecular flexibility index (Phi) is 4.14. The molecule has 0 radical (unpaired) electrons. The topological polar surface area (TPSA) is 29.3 Å². The fraction of sp³-hybridized carbons (Fsp3) is 1.00. The molecule has 17 heavy (non-hydrogen) atoms. The van der Waals surface area contributed by atoms with Crippen LogP contribution in [0.4, 0.5) is 0 Å². The highest BCUT2D eigenvalue weighted by atomic mass is 15.3. The van der Waals surface area contributed by atoms with E-state index in [0.717, 1.165) is 6.54 Å². The van der Waals surface area contributed by atoms with Crippen LogP contribution < -0.4 is 5.73 Å². The van der Waals surface area contributed by atoms with Crippen molar-refractivity contribution in [1.29, 1.82) is 0 Å². The minimum absolute atomic E-state index is 0.320. The van der Waals surface area contributed by atoms with Gasteiger partial charge in [-0.1, -0.05) is 32.1 Å². The minimum atomic E-state index is 0.320. The second-order valence-electron chi connectivity index (χ2n) is 6.76. The quantitative estimate of drug-likeness (QED) is 0.800. The molecule has 2 nitrogen and oxygen atoms in total. The monoisotopic (exact) mass is 238 g/mol. The van der Waals surface area contributed by atoms with Crippen LogP contribution >= 0.6 is 0 Å². The Balaban J connectivity index is 2.15. The standard InChI is InChI=1S/C15H30N2/c1-14(2)9-8-12-17(14)15(13-16)10-6-4-3-5-7-11-15/h3-13,16H2,1-2H3. The van der Waals surface area contributed by atoms with Crippen molar-refractivity contribution >= 4 is 0 Å². The normalized spacial score (nSPS) is 29.8. The summed E-state index contributed by atoms with van der Waals surface area (Å²) in [7, 11) is 0. The highest BCUT2D eigenvalue weighted by molar-refractivity contribution is 5.02. The maximum absolute atomic E-state index is 6.22. The predicted octanol–water partition coefficient (Wildman–Crippen LogP) is 3.30. The molecule has 2 N–H and O–H groups in total. The van der Waals surface area contributed by atoms with Crippen molar-refractivity contribution in [3.05, 3.63) is 0 Å². The Morgan fingerprint density at radius 2 is 1.47 bits per heavy atom. The van der Waals surface area contributed by atoms with Gasteiger partial charge in [0.25, 0.3) is 0 Å². The molecule has 0 aromatic rings. The molecule has 0 unspecified atom stereocenters. The molecule has 1 aliphatic heterocycles. The van der Waals surface area contributed by atoms with Crippen LogP contribution in [-0.2, 0) is 0 Å². The van der Waals surface area contributed by atoms with Gasteiger partial charge in [0.05, 0.1) is 0 Å². The van der Waals surface area contributed by atoms with Gasteiger partial charge in [-0.3, -0.25) is 4.90 Å². The highest BCUT2D eigenvalue weighted by Crippen LogP contribution is 2.40. The lowest BCUT2D eigenvalue weighted by molar-refractivity contribution is 0.0154. The minimum Gasteiger partial charge on any atom is -0.329 e. The first-order valence-electron chi connectivity index (χ1n) is 7.59. The zero-order valence-corrected chi connectivity index (χ0v) is 11.8. The van der Waals surface area contributed by atoms with E-state index in [9.17, 15) is 0 Å². The van der Waals surface area contributed by atoms with Crippen molar-refractivity contribution < 1.29 is 0 Å². The average molecular weight is 238 g/mol. The summed E-state index contributed by atoms with van der Waals surface area (Å²) < 4.78 is 0. The summed E-state index contributed by atoms with van der Waals surface area (Å²) in [5, 5.41) is 0. The number of nitrogens with two attached hydrogens (primary N) is 1. The first kappa shape index (κ1) is 13.4. The summed E-state index contributed by atoms with van der Waals surface area (Å²) in [5.41, 5.74) is 6.91. The molecule has 2 fully saturated rings. The fourth-order valence-corrected chi connectivity index (χ4v) is 4.13. The van der Waals surface area contributed by atoms with Gasteiger partial charge in [-0.15, -0.1) is 0 Å². The summed E-state index contributed by atoms with van der Waals surface area (Å²) in [6.07, 6.45) is 12.4. The van der Waals surface area contributed by atoms with Crippen LogP contribution in [0.5, 0.6) is 0 Å². The first-order chi connectivity index (χ1) is 8.11. The Labute approximate surface area is 107 Å². The molecule has 1 heterocycles. The number of likely N-dealkylation sites (tertiary alicyclic amines) is 1. The molecule has 2 aliphatic rings. The summed E-state index contributed by atoms with van der Waals surface area (Å²) in [4.78, 5) is 2.77. The first-order valence-corrected chi connectivity index (χ1v) is 7.59. The lowest BCUT2D eigenvalue weighted by Crippen LogP contribution is -2.59. The van der Waals surface area contributed by atoms with Gasteiger partial charge < -0.3 is 5.73 Å². The number of nitrogens with zero attached hydrogens (tertiary/aromatic N) is 1. The molecule has 1 saturated carbocycles. The molecule has 0 spiro atoms. The molecule has 2 rings (SSSR count). The molecule has 0 atom stereocenters. The van der Waals surface area contributed by atoms with Crippen LogP contribution in [-0.4, -0.2) is 29.1 Å². The summed E-state index contributed by atoms with van der Waals surface area (Å²) >= 11 is 0. The van der Waals surface area contributed by atoms with Gasteiger partial charge >= 0.3 is 0 Å². The Bertz CT molecular complexity index is 239. The Hall–Kier alpha value is -0.0800. The van der Waals surface area contributed by atoms with Crippen molar-refractivity contribution in [3.63, 3.8) is 0 Å². The largest absolute Gasteiger partial charge is 0.329 e. The van der Waals surface area contributed by atoms with Crippen molar-refractivity contribution in [2.75, 3.05) is 13.1 Å². The van der Waals surface area contributed by atoms with E-state index >= 15 is 0 Å². The van der Waals surface area contributed by atoms with E-state index in [0.29, 0.717) is 11.1 Å². The maximum Gasteiger partial charge on any atom is 0.0337 e. The van der Waals surface area contributed by atoms with E-state index in [1.54, 1.807) is 0 Å². The van der Waals surface area contributed by atoms with Crippen molar-refractivity contribution in [2.45, 2.75) is 82.7 Å². The van der Waals surface area contributed by atoms with Gasteiger partial charge in [-0.05, 0) is 46.1 Å². The number of rotatable bonds is 2. The Morgan fingerprint density at radius 3 is 1.94 bits per heavy atom. The summed E-state index contributed by atoms with van der Waals surface area (Å²) in [6, 6.07) is 0. The lowest BCUT2D eigenvalue weighted by atomic mass is 9.80. The molecule has 100 valence electrons. The van der Waals surface area contributed by atoms with Crippen LogP contribution in [0, 0.1) is 0 Å². The summed E-state index contributed by atoms with van der Waals surface area (Å²) in [5.74, 6) is 0. The van der Waals surface area contributed by atoms with E-state index in [1.807, 2.05) is 0 Å². The third-order valence-corrected chi connectivity index (χ3v) is 5.14. The van der Waals surface area contributed by atoms with Gasteiger partial charge in [-0.25, -0.2) is 0 Å². The van der Waals surface area contributed by atoms with Crippen molar-refractivity contribution in [3.8, 4) is 0 Å². The van der Waals surface area contributed by atoms with Crippen LogP contribution in [0.25, 0.3) is 0 Å². The van der Waals surface area contributed by atoms with E-state index in [4.69, 9.17) is 5.73 Å². The zero-order valence-electron chi connectivity index (χ0n) is 11.8. The lowest BCUT2D eigenvalue weighted by Gasteiger charge is -2.49. The molecular weight excluding hydrogens is 208 g/mol. The average Bonchev–Trinajstić information content (AvgIpc) is 2.60. The van der Waals surface area contributed by atoms with Gasteiger partial charge in [0.15, 0.2) is 0 Å². The third-order valence-electron chi connectivity index (χ3n) is 5.14. The molecule has 0 aromatic heterocycles. The van der Waals surface area contributed by atoms with Gasteiger partial charge in [0, 0.05) is 17.6 Å². The van der Waals surface area contributed by atoms with Crippen LogP contribution in [0.2, 0.25) is 0 Å². The molecule has 0 bridgehead atoms. The second-order valence-corrected chi connectivity index (χ2v) is 6.76. The maximum atomic E-state index is 6.22. The van der Waals surface area contributed by atoms with Crippen LogP contribution in [0.3, 0.4) is 0 Å². The van der Waals surface area contributed by atoms with Crippen LogP contribution in [0.15, 0.2) is 0 Å². The van der Waals surface area contributed by atoms with Crippen LogP contribution in [0.1, 0.15) is 71.6 Å². The van der Waals surface area contributed by atoms with Crippen molar-refractivity contribution in [2.24, 2.45) is 5.73 Å². The molecule has 0 amide bonds. The van der Waals surface area contributed by atoms with E-state index in [-0.39, 0.29) is 0 Å². The van der Waals surface area contributed by atoms with E-state index < -0.39 is 0 Å². The Morgan fingerprint density at radius 1 is 0.882 bits per heavy atom. The molecule has 0 aromatic carbocycles. The van der Waals surface area contributed by atoms with Gasteiger partial charge in [0.2, 0.25) is 0 Å². The van der Waals surface area contributed by atoms with Gasteiger partial charge in [0.1, 0.15) is 0 Å². The number of hydrogen-bond acceptors (Lipinski definition) is 2. The fourth-order valence-electron chi connectivity index (χ4n) is 4.13. The summed E-state index contributed by atoms with van der Waals surface area (Å²) in [6.45, 7) is 6.95. The van der Waals surface area contributed by atoms with E-state index in [1.165, 1.54) is 64.3 Å². The van der Waals surface area contributed by atoms with Gasteiger partial charge in [-0.2, -0.15) is 0 Å². The highest BCUT2D eigenvalue weighted by Gasteiger charge is 2.45. The smallest absolute Gasteiger partial charge is 0.0337 e. The number of hydrogen-bond donors (Lipinski definition) is 1. The SMILES string of the molecule is CC1(C)CCCN1C1(CN)CCCCCCC1. The third kappa shape index (κ3) is 2.68. The van der Waals surface area contributed by atoms with Crippen molar-refractivity contribution in [1.82, 2.24) is 4.90 Å².